The number of rotatable bonds is 5. The lowest BCUT2D eigenvalue weighted by Gasteiger charge is -2.08. The minimum atomic E-state index is -0.350. The van der Waals surface area contributed by atoms with Crippen LogP contribution in [0.2, 0.25) is 5.15 Å². The summed E-state index contributed by atoms with van der Waals surface area (Å²) in [6, 6.07) is 7.09. The highest BCUT2D eigenvalue weighted by Gasteiger charge is 2.13. The lowest BCUT2D eigenvalue weighted by atomic mass is 10.2. The monoisotopic (exact) mass is 323 g/mol. The topological polar surface area (TPSA) is 64.1 Å². The van der Waals surface area contributed by atoms with Gasteiger partial charge in [0.2, 0.25) is 0 Å². The third-order valence-corrected chi connectivity index (χ3v) is 3.42. The largest absolute Gasteiger partial charge is 0.494 e. The first-order valence-corrected chi connectivity index (χ1v) is 7.85. The highest BCUT2D eigenvalue weighted by Crippen LogP contribution is 2.19. The van der Waals surface area contributed by atoms with Crippen LogP contribution in [0, 0.1) is 0 Å². The molecule has 110 valence electrons. The fourth-order valence-corrected chi connectivity index (χ4v) is 2.20. The van der Waals surface area contributed by atoms with Crippen LogP contribution in [0.4, 0.5) is 5.69 Å². The van der Waals surface area contributed by atoms with Crippen LogP contribution in [-0.2, 0) is 0 Å². The average Bonchev–Trinajstić information content (AvgIpc) is 2.49. The second-order valence-corrected chi connectivity index (χ2v) is 5.10. The van der Waals surface area contributed by atoms with Gasteiger partial charge in [0.15, 0.2) is 5.16 Å². The molecule has 1 aromatic carbocycles. The molecule has 0 aliphatic carbocycles. The Hall–Kier alpha value is -1.79. The molecule has 0 aliphatic rings. The van der Waals surface area contributed by atoms with Crippen LogP contribution < -0.4 is 10.1 Å². The highest BCUT2D eigenvalue weighted by atomic mass is 35.5. The molecule has 1 amide bonds. The summed E-state index contributed by atoms with van der Waals surface area (Å²) in [4.78, 5) is 20.2. The number of halogens is 1. The zero-order valence-electron chi connectivity index (χ0n) is 11.6. The van der Waals surface area contributed by atoms with Crippen molar-refractivity contribution in [3.05, 3.63) is 41.2 Å². The van der Waals surface area contributed by atoms with Gasteiger partial charge in [-0.15, -0.1) is 0 Å². The van der Waals surface area contributed by atoms with Gasteiger partial charge in [-0.2, -0.15) is 0 Å². The lowest BCUT2D eigenvalue weighted by molar-refractivity contribution is 0.102. The van der Waals surface area contributed by atoms with Crippen molar-refractivity contribution in [2.45, 2.75) is 12.1 Å². The van der Waals surface area contributed by atoms with Gasteiger partial charge in [-0.1, -0.05) is 23.4 Å². The van der Waals surface area contributed by atoms with Crippen molar-refractivity contribution in [2.75, 3.05) is 18.2 Å². The molecular weight excluding hydrogens is 310 g/mol. The summed E-state index contributed by atoms with van der Waals surface area (Å²) < 4.78 is 5.34. The smallest absolute Gasteiger partial charge is 0.260 e. The van der Waals surface area contributed by atoms with Crippen molar-refractivity contribution in [1.82, 2.24) is 9.97 Å². The van der Waals surface area contributed by atoms with Gasteiger partial charge < -0.3 is 10.1 Å². The molecule has 1 N–H and O–H groups in total. The van der Waals surface area contributed by atoms with Crippen LogP contribution >= 0.6 is 23.4 Å². The Bertz CT molecular complexity index is 635. The number of hydrogen-bond acceptors (Lipinski definition) is 5. The highest BCUT2D eigenvalue weighted by molar-refractivity contribution is 7.98. The van der Waals surface area contributed by atoms with Crippen LogP contribution in [0.1, 0.15) is 17.3 Å². The second-order valence-electron chi connectivity index (χ2n) is 3.97. The Morgan fingerprint density at radius 1 is 1.38 bits per heavy atom. The van der Waals surface area contributed by atoms with Crippen LogP contribution in [-0.4, -0.2) is 28.7 Å². The third-order valence-electron chi connectivity index (χ3n) is 2.57. The van der Waals surface area contributed by atoms with Crippen molar-refractivity contribution >= 4 is 35.0 Å². The summed E-state index contributed by atoms with van der Waals surface area (Å²) in [7, 11) is 0. The van der Waals surface area contributed by atoms with Crippen molar-refractivity contribution in [3.8, 4) is 5.75 Å². The molecule has 2 rings (SSSR count). The fraction of sp³-hybridized carbons (Fsp3) is 0.214. The fourth-order valence-electron chi connectivity index (χ4n) is 1.60. The molecule has 0 aliphatic heterocycles. The number of aromatic nitrogens is 2. The van der Waals surface area contributed by atoms with Gasteiger partial charge in [-0.25, -0.2) is 9.97 Å². The maximum atomic E-state index is 12.1. The first kappa shape index (κ1) is 15.6. The number of nitrogens with one attached hydrogen (secondary N) is 1. The number of anilines is 1. The number of benzene rings is 1. The zero-order valence-corrected chi connectivity index (χ0v) is 13.2. The van der Waals surface area contributed by atoms with Gasteiger partial charge >= 0.3 is 0 Å². The summed E-state index contributed by atoms with van der Waals surface area (Å²) in [5.74, 6) is 0.401. The van der Waals surface area contributed by atoms with Gasteiger partial charge in [0.25, 0.3) is 5.91 Å². The van der Waals surface area contributed by atoms with Crippen molar-refractivity contribution in [2.24, 2.45) is 0 Å². The van der Waals surface area contributed by atoms with E-state index < -0.39 is 0 Å². The van der Waals surface area contributed by atoms with E-state index in [0.717, 1.165) is 5.75 Å². The number of thioether (sulfide) groups is 1. The molecule has 0 saturated carbocycles. The van der Waals surface area contributed by atoms with Crippen LogP contribution in [0.5, 0.6) is 5.75 Å². The van der Waals surface area contributed by atoms with E-state index in [0.29, 0.717) is 17.5 Å². The molecule has 0 atom stereocenters. The molecule has 0 spiro atoms. The van der Waals surface area contributed by atoms with E-state index in [9.17, 15) is 4.79 Å². The first-order chi connectivity index (χ1) is 10.1. The maximum absolute atomic E-state index is 12.1. The molecule has 0 saturated heterocycles. The molecule has 7 heteroatoms. The maximum Gasteiger partial charge on any atom is 0.260 e. The van der Waals surface area contributed by atoms with Gasteiger partial charge in [0, 0.05) is 11.9 Å². The Morgan fingerprint density at radius 2 is 2.10 bits per heavy atom. The van der Waals surface area contributed by atoms with E-state index in [2.05, 4.69) is 15.3 Å². The van der Waals surface area contributed by atoms with E-state index in [1.165, 1.54) is 18.0 Å². The van der Waals surface area contributed by atoms with E-state index >= 15 is 0 Å². The molecule has 2 aromatic rings. The number of carbonyl (C=O) groups excluding carboxylic acids is 1. The molecule has 0 fully saturated rings. The predicted molar refractivity (Wildman–Crippen MR) is 84.4 cm³/mol. The zero-order chi connectivity index (χ0) is 15.2. The van der Waals surface area contributed by atoms with Gasteiger partial charge in [-0.05, 0) is 37.4 Å². The van der Waals surface area contributed by atoms with Crippen molar-refractivity contribution in [3.63, 3.8) is 0 Å². The molecular formula is C14H14ClN3O2S. The standard InChI is InChI=1S/C14H14ClN3O2S/c1-3-20-10-6-4-9(5-7-10)17-13(19)11-8-16-14(21-2)18-12(11)15/h4-8H,3H2,1-2H3,(H,17,19). The SMILES string of the molecule is CCOc1ccc(NC(=O)c2cnc(SC)nc2Cl)cc1. The second kappa shape index (κ2) is 7.28. The lowest BCUT2D eigenvalue weighted by Crippen LogP contribution is -2.13. The van der Waals surface area contributed by atoms with E-state index in [1.54, 1.807) is 24.3 Å². The Labute approximate surface area is 132 Å². The molecule has 21 heavy (non-hydrogen) atoms. The summed E-state index contributed by atoms with van der Waals surface area (Å²) in [6.07, 6.45) is 3.26. The molecule has 5 nitrogen and oxygen atoms in total. The van der Waals surface area contributed by atoms with Crippen molar-refractivity contribution < 1.29 is 9.53 Å². The first-order valence-electron chi connectivity index (χ1n) is 6.24. The Morgan fingerprint density at radius 3 is 2.67 bits per heavy atom. The van der Waals surface area contributed by atoms with E-state index in [4.69, 9.17) is 16.3 Å². The van der Waals surface area contributed by atoms with Crippen LogP contribution in [0.3, 0.4) is 0 Å². The summed E-state index contributed by atoms with van der Waals surface area (Å²) in [5, 5.41) is 3.40. The number of amides is 1. The predicted octanol–water partition coefficient (Wildman–Crippen LogP) is 3.50. The molecule has 0 bridgehead atoms. The van der Waals surface area contributed by atoms with E-state index in [1.807, 2.05) is 13.2 Å². The number of ether oxygens (including phenoxy) is 1. The minimum Gasteiger partial charge on any atom is -0.494 e. The van der Waals surface area contributed by atoms with Crippen LogP contribution in [0.15, 0.2) is 35.6 Å². The average molecular weight is 324 g/mol. The number of nitrogens with zero attached hydrogens (tertiary/aromatic N) is 2. The number of carbonyl (C=O) groups is 1. The van der Waals surface area contributed by atoms with Gasteiger partial charge in [0.1, 0.15) is 10.9 Å². The molecule has 1 heterocycles. The Balaban J connectivity index is 2.10. The normalized spacial score (nSPS) is 10.2. The van der Waals surface area contributed by atoms with Gasteiger partial charge in [0.05, 0.1) is 12.2 Å². The third kappa shape index (κ3) is 4.09. The van der Waals surface area contributed by atoms with Gasteiger partial charge in [-0.3, -0.25) is 4.79 Å². The number of hydrogen-bond donors (Lipinski definition) is 1. The van der Waals surface area contributed by atoms with Crippen LogP contribution in [0.25, 0.3) is 0 Å². The Kier molecular flexibility index (Phi) is 5.41. The molecule has 0 radical (unpaired) electrons. The quantitative estimate of drug-likeness (QED) is 0.518. The molecule has 1 aromatic heterocycles. The summed E-state index contributed by atoms with van der Waals surface area (Å²) in [5.41, 5.74) is 0.886. The summed E-state index contributed by atoms with van der Waals surface area (Å²) >= 11 is 7.35. The van der Waals surface area contributed by atoms with Crippen molar-refractivity contribution in [1.29, 1.82) is 0 Å². The molecule has 0 unspecified atom stereocenters. The van der Waals surface area contributed by atoms with E-state index in [-0.39, 0.29) is 16.6 Å². The minimum absolute atomic E-state index is 0.137. The summed E-state index contributed by atoms with van der Waals surface area (Å²) in [6.45, 7) is 2.51.